The number of para-hydroxylation sites is 1. The molecule has 0 saturated heterocycles. The molecular formula is C20H18N2O3. The number of nitrogens with two attached hydrogens (primary N) is 1. The molecule has 0 unspecified atom stereocenters. The Morgan fingerprint density at radius 2 is 2.00 bits per heavy atom. The molecule has 2 N–H and O–H groups in total. The molecule has 1 heterocycles. The van der Waals surface area contributed by atoms with Crippen molar-refractivity contribution >= 4 is 22.9 Å². The average Bonchev–Trinajstić information content (AvgIpc) is 2.64. The summed E-state index contributed by atoms with van der Waals surface area (Å²) in [4.78, 5) is 15.3. The zero-order valence-electron chi connectivity index (χ0n) is 13.8. The van der Waals surface area contributed by atoms with E-state index in [1.165, 1.54) is 6.08 Å². The van der Waals surface area contributed by atoms with Crippen molar-refractivity contribution in [1.82, 2.24) is 4.98 Å². The molecule has 126 valence electrons. The second kappa shape index (κ2) is 7.49. The maximum atomic E-state index is 10.9. The van der Waals surface area contributed by atoms with Gasteiger partial charge >= 0.3 is 0 Å². The Morgan fingerprint density at radius 3 is 2.80 bits per heavy atom. The zero-order valence-corrected chi connectivity index (χ0v) is 13.8. The number of hydrogen-bond donors (Lipinski definition) is 1. The van der Waals surface area contributed by atoms with Crippen LogP contribution in [-0.4, -0.2) is 18.0 Å². The summed E-state index contributed by atoms with van der Waals surface area (Å²) in [6.45, 7) is 0.317. The number of carbonyl (C=O) groups excluding carboxylic acids is 1. The van der Waals surface area contributed by atoms with Gasteiger partial charge in [-0.1, -0.05) is 24.3 Å². The summed E-state index contributed by atoms with van der Waals surface area (Å²) < 4.78 is 11.4. The first-order valence-corrected chi connectivity index (χ1v) is 7.78. The van der Waals surface area contributed by atoms with Crippen molar-refractivity contribution in [1.29, 1.82) is 0 Å². The molecule has 3 rings (SSSR count). The fourth-order valence-electron chi connectivity index (χ4n) is 2.54. The second-order valence-electron chi connectivity index (χ2n) is 5.43. The summed E-state index contributed by atoms with van der Waals surface area (Å²) in [5.74, 6) is 0.929. The third-order valence-corrected chi connectivity index (χ3v) is 3.72. The lowest BCUT2D eigenvalue weighted by atomic mass is 10.1. The topological polar surface area (TPSA) is 74.4 Å². The summed E-state index contributed by atoms with van der Waals surface area (Å²) in [5, 5.41) is 1.02. The first kappa shape index (κ1) is 16.5. The smallest absolute Gasteiger partial charge is 0.241 e. The van der Waals surface area contributed by atoms with Crippen molar-refractivity contribution in [3.63, 3.8) is 0 Å². The van der Waals surface area contributed by atoms with E-state index in [1.54, 1.807) is 19.4 Å². The molecule has 5 heteroatoms. The standard InChI is InChI=1S/C20H18N2O3/c1-24-17-9-7-14(8-10-19(21)23)12-16(17)13-25-18-6-2-4-15-5-3-11-22-20(15)18/h2-12H,13H2,1H3,(H2,21,23)/b10-8-. The van der Waals surface area contributed by atoms with E-state index in [0.29, 0.717) is 18.1 Å². The van der Waals surface area contributed by atoms with Crippen molar-refractivity contribution in [2.45, 2.75) is 6.61 Å². The quantitative estimate of drug-likeness (QED) is 0.702. The minimum atomic E-state index is -0.490. The Kier molecular flexibility index (Phi) is 4.95. The van der Waals surface area contributed by atoms with Crippen LogP contribution in [0.1, 0.15) is 11.1 Å². The van der Waals surface area contributed by atoms with Crippen LogP contribution in [0.5, 0.6) is 11.5 Å². The molecular weight excluding hydrogens is 316 g/mol. The van der Waals surface area contributed by atoms with Gasteiger partial charge in [0.25, 0.3) is 0 Å². The van der Waals surface area contributed by atoms with E-state index < -0.39 is 5.91 Å². The van der Waals surface area contributed by atoms with Gasteiger partial charge in [-0.2, -0.15) is 0 Å². The van der Waals surface area contributed by atoms with Crippen LogP contribution in [0, 0.1) is 0 Å². The molecule has 0 fully saturated rings. The number of rotatable bonds is 6. The lowest BCUT2D eigenvalue weighted by Crippen LogP contribution is -2.05. The monoisotopic (exact) mass is 334 g/mol. The molecule has 0 bridgehead atoms. The van der Waals surface area contributed by atoms with Gasteiger partial charge in [0.15, 0.2) is 0 Å². The Hall–Kier alpha value is -3.34. The highest BCUT2D eigenvalue weighted by molar-refractivity contribution is 5.90. The summed E-state index contributed by atoms with van der Waals surface area (Å²) in [6, 6.07) is 15.3. The number of methoxy groups -OCH3 is 1. The van der Waals surface area contributed by atoms with Crippen molar-refractivity contribution in [2.75, 3.05) is 7.11 Å². The minimum Gasteiger partial charge on any atom is -0.496 e. The van der Waals surface area contributed by atoms with Crippen molar-refractivity contribution in [2.24, 2.45) is 5.73 Å². The van der Waals surface area contributed by atoms with Crippen LogP contribution in [0.4, 0.5) is 0 Å². The van der Waals surface area contributed by atoms with Crippen molar-refractivity contribution < 1.29 is 14.3 Å². The Labute approximate surface area is 145 Å². The molecule has 0 aliphatic heterocycles. The third-order valence-electron chi connectivity index (χ3n) is 3.72. The normalized spacial score (nSPS) is 10.9. The summed E-state index contributed by atoms with van der Waals surface area (Å²) in [7, 11) is 1.61. The van der Waals surface area contributed by atoms with Gasteiger partial charge in [0.2, 0.25) is 5.91 Å². The van der Waals surface area contributed by atoms with E-state index in [2.05, 4.69) is 4.98 Å². The van der Waals surface area contributed by atoms with Crippen molar-refractivity contribution in [3.8, 4) is 11.5 Å². The average molecular weight is 334 g/mol. The van der Waals surface area contributed by atoms with Gasteiger partial charge in [-0.3, -0.25) is 9.78 Å². The summed E-state index contributed by atoms with van der Waals surface area (Å²) in [6.07, 6.45) is 4.72. The molecule has 5 nitrogen and oxygen atoms in total. The Morgan fingerprint density at radius 1 is 1.16 bits per heavy atom. The van der Waals surface area contributed by atoms with Crippen molar-refractivity contribution in [3.05, 3.63) is 71.9 Å². The van der Waals surface area contributed by atoms with Gasteiger partial charge in [0.05, 0.1) is 7.11 Å². The molecule has 0 aliphatic carbocycles. The molecule has 0 radical (unpaired) electrons. The lowest BCUT2D eigenvalue weighted by Gasteiger charge is -2.12. The van der Waals surface area contributed by atoms with Gasteiger partial charge in [0, 0.05) is 23.2 Å². The van der Waals surface area contributed by atoms with E-state index in [4.69, 9.17) is 15.2 Å². The molecule has 1 aromatic heterocycles. The van der Waals surface area contributed by atoms with Gasteiger partial charge < -0.3 is 15.2 Å². The molecule has 1 amide bonds. The Bertz CT molecular complexity index is 930. The number of aromatic nitrogens is 1. The molecule has 25 heavy (non-hydrogen) atoms. The number of nitrogens with zero attached hydrogens (tertiary/aromatic N) is 1. The second-order valence-corrected chi connectivity index (χ2v) is 5.43. The largest absolute Gasteiger partial charge is 0.496 e. The fraction of sp³-hybridized carbons (Fsp3) is 0.100. The third kappa shape index (κ3) is 3.95. The highest BCUT2D eigenvalue weighted by Gasteiger charge is 2.07. The highest BCUT2D eigenvalue weighted by Crippen LogP contribution is 2.26. The molecule has 3 aromatic rings. The molecule has 0 saturated carbocycles. The van der Waals surface area contributed by atoms with Gasteiger partial charge in [0.1, 0.15) is 23.6 Å². The maximum absolute atomic E-state index is 10.9. The van der Waals surface area contributed by atoms with Crippen LogP contribution in [-0.2, 0) is 11.4 Å². The number of hydrogen-bond acceptors (Lipinski definition) is 4. The lowest BCUT2D eigenvalue weighted by molar-refractivity contribution is -0.113. The zero-order chi connectivity index (χ0) is 17.6. The van der Waals surface area contributed by atoms with Crippen LogP contribution < -0.4 is 15.2 Å². The summed E-state index contributed by atoms with van der Waals surface area (Å²) >= 11 is 0. The van der Waals surface area contributed by atoms with E-state index in [9.17, 15) is 4.79 Å². The summed E-state index contributed by atoms with van der Waals surface area (Å²) in [5.41, 5.74) is 7.66. The first-order valence-electron chi connectivity index (χ1n) is 7.78. The number of pyridine rings is 1. The molecule has 0 aliphatic rings. The molecule has 0 spiro atoms. The van der Waals surface area contributed by atoms with Crippen LogP contribution in [0.3, 0.4) is 0 Å². The Balaban J connectivity index is 1.86. The first-order chi connectivity index (χ1) is 12.2. The number of fused-ring (bicyclic) bond motifs is 1. The van der Waals surface area contributed by atoms with Crippen LogP contribution in [0.2, 0.25) is 0 Å². The van der Waals surface area contributed by atoms with E-state index in [1.807, 2.05) is 48.5 Å². The van der Waals surface area contributed by atoms with E-state index in [0.717, 1.165) is 22.0 Å². The van der Waals surface area contributed by atoms with Gasteiger partial charge in [-0.25, -0.2) is 0 Å². The van der Waals surface area contributed by atoms with E-state index >= 15 is 0 Å². The number of primary amides is 1. The predicted octanol–water partition coefficient (Wildman–Crippen LogP) is 3.32. The molecule has 0 atom stereocenters. The van der Waals surface area contributed by atoms with Gasteiger partial charge in [-0.05, 0) is 35.9 Å². The predicted molar refractivity (Wildman–Crippen MR) is 97.3 cm³/mol. The highest BCUT2D eigenvalue weighted by atomic mass is 16.5. The van der Waals surface area contributed by atoms with Gasteiger partial charge in [-0.15, -0.1) is 0 Å². The molecule has 2 aromatic carbocycles. The fourth-order valence-corrected chi connectivity index (χ4v) is 2.54. The number of amides is 1. The maximum Gasteiger partial charge on any atom is 0.241 e. The number of benzene rings is 2. The minimum absolute atomic E-state index is 0.317. The number of ether oxygens (including phenoxy) is 2. The SMILES string of the molecule is COc1ccc(/C=C\C(N)=O)cc1COc1cccc2cccnc12. The number of carbonyl (C=O) groups is 1. The van der Waals surface area contributed by atoms with Crippen LogP contribution >= 0.6 is 0 Å². The van der Waals surface area contributed by atoms with Crippen LogP contribution in [0.15, 0.2) is 60.8 Å². The van der Waals surface area contributed by atoms with Crippen LogP contribution in [0.25, 0.3) is 17.0 Å². The van der Waals surface area contributed by atoms with E-state index in [-0.39, 0.29) is 0 Å².